The maximum absolute atomic E-state index is 5.27. The molecular formula is C104H66N6. The van der Waals surface area contributed by atoms with E-state index >= 15 is 0 Å². The van der Waals surface area contributed by atoms with Crippen molar-refractivity contribution in [3.63, 3.8) is 0 Å². The number of aromatic nitrogens is 6. The average molecular weight is 1400 g/mol. The summed E-state index contributed by atoms with van der Waals surface area (Å²) in [6.07, 6.45) is 0. The lowest BCUT2D eigenvalue weighted by molar-refractivity contribution is 1.17. The van der Waals surface area contributed by atoms with Crippen molar-refractivity contribution in [3.05, 3.63) is 400 Å². The molecule has 0 bridgehead atoms. The fourth-order valence-corrected chi connectivity index (χ4v) is 16.7. The summed E-state index contributed by atoms with van der Waals surface area (Å²) in [6.45, 7) is 0. The summed E-state index contributed by atoms with van der Waals surface area (Å²) >= 11 is 0. The second-order valence-corrected chi connectivity index (χ2v) is 28.4. The number of hydrogen-bond acceptors (Lipinski definition) is 4. The van der Waals surface area contributed by atoms with E-state index in [9.17, 15) is 0 Å². The fraction of sp³-hybridized carbons (Fsp3) is 0. The van der Waals surface area contributed by atoms with Gasteiger partial charge in [-0.2, -0.15) is 0 Å². The highest BCUT2D eigenvalue weighted by molar-refractivity contribution is 6.30. The van der Waals surface area contributed by atoms with E-state index in [1.807, 2.05) is 12.1 Å². The molecule has 0 atom stereocenters. The van der Waals surface area contributed by atoms with Crippen molar-refractivity contribution in [1.29, 1.82) is 0 Å². The lowest BCUT2D eigenvalue weighted by Crippen LogP contribution is -1.97. The summed E-state index contributed by atoms with van der Waals surface area (Å²) < 4.78 is 4.80. The van der Waals surface area contributed by atoms with E-state index in [0.717, 1.165) is 72.4 Å². The number of hydrogen-bond donors (Lipinski definition) is 0. The van der Waals surface area contributed by atoms with Gasteiger partial charge in [-0.1, -0.05) is 309 Å². The van der Waals surface area contributed by atoms with Gasteiger partial charge in [0.2, 0.25) is 0 Å². The van der Waals surface area contributed by atoms with Crippen LogP contribution in [0.2, 0.25) is 0 Å². The van der Waals surface area contributed by atoms with Crippen LogP contribution in [0.3, 0.4) is 0 Å². The van der Waals surface area contributed by atoms with Crippen LogP contribution in [0.25, 0.3) is 210 Å². The zero-order chi connectivity index (χ0) is 72.6. The number of rotatable bonds is 10. The summed E-state index contributed by atoms with van der Waals surface area (Å²) in [7, 11) is 0. The molecule has 0 aliphatic carbocycles. The van der Waals surface area contributed by atoms with E-state index in [1.165, 1.54) is 126 Å². The predicted octanol–water partition coefficient (Wildman–Crippen LogP) is 27.4. The molecule has 512 valence electrons. The van der Waals surface area contributed by atoms with E-state index in [-0.39, 0.29) is 0 Å². The van der Waals surface area contributed by atoms with Crippen LogP contribution in [0.1, 0.15) is 0 Å². The van der Waals surface area contributed by atoms with Crippen molar-refractivity contribution >= 4 is 109 Å². The first-order valence-electron chi connectivity index (χ1n) is 37.5. The molecule has 0 fully saturated rings. The van der Waals surface area contributed by atoms with Crippen molar-refractivity contribution < 1.29 is 0 Å². The van der Waals surface area contributed by atoms with E-state index in [0.29, 0.717) is 11.6 Å². The minimum absolute atomic E-state index is 0.706. The number of nitrogens with zero attached hydrogens (tertiary/aromatic N) is 6. The van der Waals surface area contributed by atoms with Gasteiger partial charge in [-0.25, -0.2) is 19.9 Å². The molecule has 0 amide bonds. The second kappa shape index (κ2) is 26.7. The molecule has 0 aliphatic rings. The molecule has 0 unspecified atom stereocenters. The molecule has 4 aromatic heterocycles. The van der Waals surface area contributed by atoms with Gasteiger partial charge in [0.25, 0.3) is 0 Å². The summed E-state index contributed by atoms with van der Waals surface area (Å²) in [5.41, 5.74) is 24.3. The average Bonchev–Trinajstić information content (AvgIpc) is 1.57. The van der Waals surface area contributed by atoms with Crippen LogP contribution in [0.15, 0.2) is 400 Å². The smallest absolute Gasteiger partial charge is 0.160 e. The second-order valence-electron chi connectivity index (χ2n) is 28.4. The fourth-order valence-electron chi connectivity index (χ4n) is 16.7. The van der Waals surface area contributed by atoms with E-state index in [1.54, 1.807) is 0 Å². The Morgan fingerprint density at radius 1 is 0.164 bits per heavy atom. The topological polar surface area (TPSA) is 61.4 Å². The van der Waals surface area contributed by atoms with Crippen molar-refractivity contribution in [2.75, 3.05) is 0 Å². The third-order valence-electron chi connectivity index (χ3n) is 22.0. The van der Waals surface area contributed by atoms with Gasteiger partial charge < -0.3 is 9.13 Å². The first-order chi connectivity index (χ1) is 54.5. The third-order valence-corrected chi connectivity index (χ3v) is 22.0. The SMILES string of the molecule is c1ccc(-c2ccc(-c3ccc(-c4nc(-c5ccc(-n6c7ccc8ccccc8c7c7c8ccccc8ccc76)cc5)nc5ccccc45)cc3)cc2)cc1.c1ccc(-c2ccc(-c3cccc(-c4nc(-c5ccc(-n6c7ccc8ccccc8c7c7c8ccccc8ccc76)cc5)nc5ccccc45)c3)cc2)cc1. The van der Waals surface area contributed by atoms with Gasteiger partial charge in [0.1, 0.15) is 0 Å². The summed E-state index contributed by atoms with van der Waals surface area (Å²) in [5, 5.41) is 17.2. The summed E-state index contributed by atoms with van der Waals surface area (Å²) in [6, 6.07) is 143. The minimum Gasteiger partial charge on any atom is -0.309 e. The van der Waals surface area contributed by atoms with Gasteiger partial charge in [-0.15, -0.1) is 0 Å². The molecule has 18 aromatic carbocycles. The van der Waals surface area contributed by atoms with E-state index < -0.39 is 0 Å². The Kier molecular flexibility index (Phi) is 15.5. The molecule has 0 spiro atoms. The molecule has 22 rings (SSSR count). The van der Waals surface area contributed by atoms with Gasteiger partial charge in [-0.05, 0) is 179 Å². The van der Waals surface area contributed by atoms with Crippen LogP contribution in [0, 0.1) is 0 Å². The third kappa shape index (κ3) is 11.1. The Bertz CT molecular complexity index is 7150. The molecule has 6 heteroatoms. The first-order valence-corrected chi connectivity index (χ1v) is 37.5. The van der Waals surface area contributed by atoms with Crippen LogP contribution < -0.4 is 0 Å². The molecule has 110 heavy (non-hydrogen) atoms. The number of fused-ring (bicyclic) bond motifs is 16. The summed E-state index contributed by atoms with van der Waals surface area (Å²) in [5.74, 6) is 1.41. The lowest BCUT2D eigenvalue weighted by Gasteiger charge is -2.12. The van der Waals surface area contributed by atoms with Gasteiger partial charge in [0.15, 0.2) is 11.6 Å². The largest absolute Gasteiger partial charge is 0.309 e. The van der Waals surface area contributed by atoms with E-state index in [2.05, 4.69) is 397 Å². The molecule has 22 aromatic rings. The maximum atomic E-state index is 5.27. The first kappa shape index (κ1) is 63.7. The molecule has 0 aliphatic heterocycles. The van der Waals surface area contributed by atoms with Crippen molar-refractivity contribution in [2.24, 2.45) is 0 Å². The zero-order valence-corrected chi connectivity index (χ0v) is 59.8. The molecule has 0 N–H and O–H groups in total. The van der Waals surface area contributed by atoms with Crippen molar-refractivity contribution in [2.45, 2.75) is 0 Å². The lowest BCUT2D eigenvalue weighted by atomic mass is 9.97. The molecule has 6 nitrogen and oxygen atoms in total. The Balaban J connectivity index is 0.000000140. The van der Waals surface area contributed by atoms with Crippen LogP contribution in [-0.4, -0.2) is 29.1 Å². The Hall–Kier alpha value is -14.7. The van der Waals surface area contributed by atoms with E-state index in [4.69, 9.17) is 19.9 Å². The van der Waals surface area contributed by atoms with Crippen LogP contribution in [0.4, 0.5) is 0 Å². The minimum atomic E-state index is 0.706. The van der Waals surface area contributed by atoms with Gasteiger partial charge in [0.05, 0.1) is 44.5 Å². The molecule has 0 saturated heterocycles. The summed E-state index contributed by atoms with van der Waals surface area (Å²) in [4.78, 5) is 20.7. The molecule has 0 radical (unpaired) electrons. The highest BCUT2D eigenvalue weighted by Crippen LogP contribution is 2.44. The predicted molar refractivity (Wildman–Crippen MR) is 461 cm³/mol. The zero-order valence-electron chi connectivity index (χ0n) is 59.8. The number of para-hydroxylation sites is 2. The van der Waals surface area contributed by atoms with Crippen molar-refractivity contribution in [1.82, 2.24) is 29.1 Å². The van der Waals surface area contributed by atoms with Crippen LogP contribution in [-0.2, 0) is 0 Å². The van der Waals surface area contributed by atoms with Gasteiger partial charge >= 0.3 is 0 Å². The Morgan fingerprint density at radius 3 is 0.791 bits per heavy atom. The van der Waals surface area contributed by atoms with Gasteiger partial charge in [-0.3, -0.25) is 0 Å². The quantitative estimate of drug-likeness (QED) is 0.137. The Labute approximate surface area is 635 Å². The van der Waals surface area contributed by atoms with Crippen LogP contribution >= 0.6 is 0 Å². The highest BCUT2D eigenvalue weighted by Gasteiger charge is 2.22. The monoisotopic (exact) mass is 1400 g/mol. The van der Waals surface area contributed by atoms with Crippen molar-refractivity contribution in [3.8, 4) is 101 Å². The Morgan fingerprint density at radius 2 is 0.427 bits per heavy atom. The standard InChI is InChI=1S/2C52H33N3/c1-2-11-34(12-3-1)35-21-23-36(24-22-35)40-15-10-16-41(33-40)51-45-19-8-9-20-46(45)53-52(54-51)39-25-29-42(30-26-39)55-47-31-27-37-13-4-6-17-43(37)49(47)50-44-18-7-5-14-38(44)28-32-48(50)55;1-2-10-34(11-3-1)35-18-20-36(21-19-35)37-22-24-40(25-23-37)51-45-16-8-9-17-46(45)53-52(54-51)41-26-30-42(31-27-41)55-47-32-28-38-12-4-6-14-43(38)49(47)50-44-15-7-5-13-39(44)29-33-48(50)55/h2*1-33H. The molecule has 0 saturated carbocycles. The highest BCUT2D eigenvalue weighted by atomic mass is 15.0. The maximum Gasteiger partial charge on any atom is 0.160 e. The number of benzene rings is 18. The molecular weight excluding hydrogens is 1330 g/mol. The van der Waals surface area contributed by atoms with Crippen LogP contribution in [0.5, 0.6) is 0 Å². The normalized spacial score (nSPS) is 11.6. The molecule has 4 heterocycles. The van der Waals surface area contributed by atoms with Gasteiger partial charge in [0, 0.05) is 65.9 Å².